The van der Waals surface area contributed by atoms with E-state index in [0.717, 1.165) is 22.4 Å². The Balaban J connectivity index is 1.53. The third kappa shape index (κ3) is 3.45. The highest BCUT2D eigenvalue weighted by molar-refractivity contribution is 6.08. The third-order valence-electron chi connectivity index (χ3n) is 8.29. The molecule has 0 spiro atoms. The Morgan fingerprint density at radius 3 is 2.05 bits per heavy atom. The summed E-state index contributed by atoms with van der Waals surface area (Å²) in [7, 11) is 0. The molecule has 39 heavy (non-hydrogen) atoms. The van der Waals surface area contributed by atoms with Crippen molar-refractivity contribution in [2.45, 2.75) is 5.60 Å². The van der Waals surface area contributed by atoms with Gasteiger partial charge < -0.3 is 5.11 Å². The fourth-order valence-electron chi connectivity index (χ4n) is 6.77. The lowest BCUT2D eigenvalue weighted by Gasteiger charge is -2.36. The van der Waals surface area contributed by atoms with E-state index in [4.69, 9.17) is 4.98 Å². The van der Waals surface area contributed by atoms with E-state index in [2.05, 4.69) is 10.3 Å². The molecule has 7 rings (SSSR count). The molecule has 4 aromatic rings. The molecule has 3 aliphatic rings. The Morgan fingerprint density at radius 1 is 0.744 bits per heavy atom. The topological polar surface area (TPSA) is 92.2 Å². The number of carbonyl (C=O) groups excluding carboxylic acids is 2. The number of rotatable bonds is 5. The molecule has 1 aliphatic heterocycles. The SMILES string of the molecule is O=C1NC(=O)C2C1[C@@H]1C(C(O)(c3ccccc3)c3ccccn3)=C[C@H]2/C1=C(/c1ccccc1)c1ccccn1. The number of nitrogens with zero attached hydrogens (tertiary/aromatic N) is 2. The van der Waals surface area contributed by atoms with Crippen LogP contribution in [0.1, 0.15) is 22.5 Å². The lowest BCUT2D eigenvalue weighted by molar-refractivity contribution is -0.126. The van der Waals surface area contributed by atoms with Gasteiger partial charge in [-0.3, -0.25) is 24.9 Å². The van der Waals surface area contributed by atoms with Crippen molar-refractivity contribution in [3.8, 4) is 0 Å². The summed E-state index contributed by atoms with van der Waals surface area (Å²) in [4.78, 5) is 35.7. The molecular formula is C33H25N3O3. The number of amides is 2. The summed E-state index contributed by atoms with van der Waals surface area (Å²) >= 11 is 0. The van der Waals surface area contributed by atoms with Crippen molar-refractivity contribution in [3.63, 3.8) is 0 Å². The number of hydrogen-bond donors (Lipinski definition) is 2. The van der Waals surface area contributed by atoms with Crippen LogP contribution in [-0.2, 0) is 15.2 Å². The lowest BCUT2D eigenvalue weighted by atomic mass is 9.71. The van der Waals surface area contributed by atoms with Crippen molar-refractivity contribution in [2.24, 2.45) is 23.7 Å². The number of nitrogens with one attached hydrogen (secondary N) is 1. The number of hydrogen-bond acceptors (Lipinski definition) is 5. The minimum atomic E-state index is -1.60. The normalized spacial score (nSPS) is 26.0. The number of aromatic nitrogens is 2. The summed E-state index contributed by atoms with van der Waals surface area (Å²) in [6.45, 7) is 0. The molecule has 190 valence electrons. The minimum absolute atomic E-state index is 0.264. The van der Waals surface area contributed by atoms with Crippen LogP contribution in [-0.4, -0.2) is 26.9 Å². The Bertz CT molecular complexity index is 1550. The van der Waals surface area contributed by atoms with Crippen molar-refractivity contribution >= 4 is 17.4 Å². The van der Waals surface area contributed by atoms with Crippen LogP contribution in [0.3, 0.4) is 0 Å². The molecule has 1 saturated heterocycles. The number of aliphatic hydroxyl groups is 1. The first-order valence-electron chi connectivity index (χ1n) is 13.1. The molecule has 2 aromatic carbocycles. The van der Waals surface area contributed by atoms with E-state index in [1.54, 1.807) is 18.5 Å². The van der Waals surface area contributed by atoms with Gasteiger partial charge in [0, 0.05) is 29.8 Å². The Kier molecular flexibility index (Phi) is 5.39. The standard InChI is InChI=1S/C33H25N3O3/c37-31-28-22-19-23(33(39,21-13-5-2-6-14-21)25-16-8-10-18-35-25)29(30(28)32(38)36-31)27(22)26(20-11-3-1-4-12-20)24-15-7-9-17-34-24/h1-19,22,28-30,39H,(H,36,37,38)/b27-26+/t22-,28?,29+,30?,33?/m0/s1. The molecule has 2 N–H and O–H groups in total. The van der Waals surface area contributed by atoms with Crippen molar-refractivity contribution < 1.29 is 14.7 Å². The number of benzene rings is 2. The first-order valence-corrected chi connectivity index (χ1v) is 13.1. The first kappa shape index (κ1) is 23.4. The van der Waals surface area contributed by atoms with Crippen molar-refractivity contribution in [1.82, 2.24) is 15.3 Å². The Morgan fingerprint density at radius 2 is 1.38 bits per heavy atom. The number of carbonyl (C=O) groups is 2. The first-order chi connectivity index (χ1) is 19.1. The zero-order valence-electron chi connectivity index (χ0n) is 20.9. The van der Waals surface area contributed by atoms with E-state index in [1.807, 2.05) is 97.1 Å². The van der Waals surface area contributed by atoms with E-state index < -0.39 is 23.4 Å². The minimum Gasteiger partial charge on any atom is -0.375 e. The van der Waals surface area contributed by atoms with Gasteiger partial charge in [0.2, 0.25) is 11.8 Å². The molecular weight excluding hydrogens is 486 g/mol. The van der Waals surface area contributed by atoms with E-state index in [9.17, 15) is 14.7 Å². The molecule has 6 nitrogen and oxygen atoms in total. The summed E-state index contributed by atoms with van der Waals surface area (Å²) in [5, 5.41) is 15.3. The Labute approximate surface area is 225 Å². The molecule has 6 heteroatoms. The Hall–Kier alpha value is -4.68. The quantitative estimate of drug-likeness (QED) is 0.308. The fraction of sp³-hybridized carbons (Fsp3) is 0.152. The molecule has 0 radical (unpaired) electrons. The molecule has 2 fully saturated rings. The van der Waals surface area contributed by atoms with E-state index in [1.165, 1.54) is 0 Å². The van der Waals surface area contributed by atoms with Gasteiger partial charge in [0.05, 0.1) is 23.2 Å². The number of allylic oxidation sites excluding steroid dienone is 2. The summed E-state index contributed by atoms with van der Waals surface area (Å²) < 4.78 is 0. The van der Waals surface area contributed by atoms with Gasteiger partial charge in [-0.15, -0.1) is 0 Å². The highest BCUT2D eigenvalue weighted by Gasteiger charge is 2.64. The third-order valence-corrected chi connectivity index (χ3v) is 8.29. The smallest absolute Gasteiger partial charge is 0.231 e. The second kappa shape index (κ2) is 8.96. The van der Waals surface area contributed by atoms with Gasteiger partial charge in [-0.05, 0) is 46.5 Å². The van der Waals surface area contributed by atoms with E-state index in [-0.39, 0.29) is 17.7 Å². The van der Waals surface area contributed by atoms with E-state index >= 15 is 0 Å². The largest absolute Gasteiger partial charge is 0.375 e. The maximum atomic E-state index is 13.3. The van der Waals surface area contributed by atoms with Crippen molar-refractivity contribution in [2.75, 3.05) is 0 Å². The van der Waals surface area contributed by atoms with Crippen LogP contribution in [0.5, 0.6) is 0 Å². The molecule has 2 bridgehead atoms. The fourth-order valence-corrected chi connectivity index (χ4v) is 6.77. The molecule has 3 heterocycles. The zero-order valence-corrected chi connectivity index (χ0v) is 20.9. The molecule has 2 aromatic heterocycles. The van der Waals surface area contributed by atoms with Gasteiger partial charge in [-0.25, -0.2) is 0 Å². The molecule has 1 saturated carbocycles. The van der Waals surface area contributed by atoms with Gasteiger partial charge in [0.15, 0.2) is 5.60 Å². The molecule has 2 aliphatic carbocycles. The monoisotopic (exact) mass is 511 g/mol. The van der Waals surface area contributed by atoms with Crippen LogP contribution in [0.15, 0.2) is 127 Å². The predicted molar refractivity (Wildman–Crippen MR) is 146 cm³/mol. The predicted octanol–water partition coefficient (Wildman–Crippen LogP) is 4.29. The van der Waals surface area contributed by atoms with Crippen LogP contribution in [0.2, 0.25) is 0 Å². The van der Waals surface area contributed by atoms with Crippen molar-refractivity contribution in [3.05, 3.63) is 149 Å². The highest BCUT2D eigenvalue weighted by Crippen LogP contribution is 2.63. The second-order valence-electron chi connectivity index (χ2n) is 10.2. The number of imide groups is 1. The lowest BCUT2D eigenvalue weighted by Crippen LogP contribution is -2.38. The van der Waals surface area contributed by atoms with Gasteiger partial charge >= 0.3 is 0 Å². The maximum Gasteiger partial charge on any atom is 0.231 e. The molecule has 2 amide bonds. The molecule has 3 unspecified atom stereocenters. The van der Waals surface area contributed by atoms with Gasteiger partial charge in [0.25, 0.3) is 0 Å². The highest BCUT2D eigenvalue weighted by atomic mass is 16.3. The second-order valence-corrected chi connectivity index (χ2v) is 10.2. The zero-order chi connectivity index (χ0) is 26.6. The average molecular weight is 512 g/mol. The van der Waals surface area contributed by atoms with Crippen LogP contribution in [0, 0.1) is 23.7 Å². The summed E-state index contributed by atoms with van der Waals surface area (Å²) in [5.74, 6) is -2.62. The summed E-state index contributed by atoms with van der Waals surface area (Å²) in [5.41, 5.74) is 3.74. The van der Waals surface area contributed by atoms with Gasteiger partial charge in [-0.2, -0.15) is 0 Å². The number of fused-ring (bicyclic) bond motifs is 5. The number of pyridine rings is 2. The van der Waals surface area contributed by atoms with E-state index in [0.29, 0.717) is 16.8 Å². The van der Waals surface area contributed by atoms with Crippen LogP contribution in [0.4, 0.5) is 0 Å². The maximum absolute atomic E-state index is 13.3. The molecule has 5 atom stereocenters. The van der Waals surface area contributed by atoms with Crippen LogP contribution < -0.4 is 5.32 Å². The van der Waals surface area contributed by atoms with Crippen LogP contribution in [0.25, 0.3) is 5.57 Å². The van der Waals surface area contributed by atoms with Crippen molar-refractivity contribution in [1.29, 1.82) is 0 Å². The average Bonchev–Trinajstić information content (AvgIpc) is 3.63. The van der Waals surface area contributed by atoms with Gasteiger partial charge in [-0.1, -0.05) is 78.9 Å². The van der Waals surface area contributed by atoms with Crippen LogP contribution >= 0.6 is 0 Å². The van der Waals surface area contributed by atoms with Gasteiger partial charge in [0.1, 0.15) is 0 Å². The summed E-state index contributed by atoms with van der Waals surface area (Å²) in [6.07, 6.45) is 5.41. The summed E-state index contributed by atoms with van der Waals surface area (Å²) in [6, 6.07) is 30.6.